The molecule has 2 N–H and O–H groups in total. The monoisotopic (exact) mass is 129 g/mol. The Balaban J connectivity index is 2.93. The van der Waals surface area contributed by atoms with Crippen LogP contribution < -0.4 is 5.73 Å². The van der Waals surface area contributed by atoms with Gasteiger partial charge in [-0.3, -0.25) is 4.79 Å². The van der Waals surface area contributed by atoms with E-state index >= 15 is 0 Å². The Kier molecular flexibility index (Phi) is 1.26. The van der Waals surface area contributed by atoms with E-state index < -0.39 is 5.91 Å². The summed E-state index contributed by atoms with van der Waals surface area (Å²) in [5.74, 6) is 1.10. The summed E-state index contributed by atoms with van der Waals surface area (Å²) in [5, 5.41) is 6.92. The first kappa shape index (κ1) is 5.25. The minimum Gasteiger partial charge on any atom is -0.364 e. The molecule has 1 heterocycles. The molecule has 0 bridgehead atoms. The van der Waals surface area contributed by atoms with Gasteiger partial charge in [0.1, 0.15) is 0 Å². The lowest BCUT2D eigenvalue weighted by Gasteiger charge is -1.78. The number of primary amides is 1. The van der Waals surface area contributed by atoms with Gasteiger partial charge in [-0.2, -0.15) is 5.10 Å². The zero-order chi connectivity index (χ0) is 5.98. The highest BCUT2D eigenvalue weighted by molar-refractivity contribution is 7.31. The predicted molar refractivity (Wildman–Crippen MR) is 30.1 cm³/mol. The standard InChI is InChI=1S/C3H4N3OP/c4-2(7)3-6-5-1-8-3/h1,8H,(H2,4,7). The number of rotatable bonds is 1. The first-order valence-corrected chi connectivity index (χ1v) is 3.04. The zero-order valence-corrected chi connectivity index (χ0v) is 4.96. The van der Waals surface area contributed by atoms with Crippen molar-refractivity contribution in [1.82, 2.24) is 10.2 Å². The Hall–Kier alpha value is -0.890. The third kappa shape index (κ3) is 0.845. The van der Waals surface area contributed by atoms with Crippen LogP contribution in [0, 0.1) is 0 Å². The molecule has 1 rings (SSSR count). The first-order chi connectivity index (χ1) is 3.80. The Morgan fingerprint density at radius 1 is 1.88 bits per heavy atom. The average Bonchev–Trinajstić information content (AvgIpc) is 2.12. The van der Waals surface area contributed by atoms with Crippen molar-refractivity contribution in [3.8, 4) is 0 Å². The van der Waals surface area contributed by atoms with Crippen molar-refractivity contribution in [2.24, 2.45) is 5.73 Å². The number of nitrogens with zero attached hydrogens (tertiary/aromatic N) is 2. The predicted octanol–water partition coefficient (Wildman–Crippen LogP) is -0.393. The topological polar surface area (TPSA) is 68.9 Å². The molecule has 1 aromatic rings. The Bertz CT molecular complexity index is 182. The second kappa shape index (κ2) is 1.92. The molecule has 1 amide bonds. The molecule has 0 spiro atoms. The summed E-state index contributed by atoms with van der Waals surface area (Å²) in [6.07, 6.45) is 0. The maximum Gasteiger partial charge on any atom is 0.273 e. The van der Waals surface area contributed by atoms with E-state index in [-0.39, 0.29) is 8.19 Å². The number of nitrogens with two attached hydrogens (primary N) is 1. The van der Waals surface area contributed by atoms with Crippen molar-refractivity contribution < 1.29 is 4.79 Å². The van der Waals surface area contributed by atoms with Crippen LogP contribution in [0.3, 0.4) is 0 Å². The zero-order valence-electron chi connectivity index (χ0n) is 3.96. The van der Waals surface area contributed by atoms with Gasteiger partial charge in [0.05, 0.1) is 5.93 Å². The van der Waals surface area contributed by atoms with Crippen molar-refractivity contribution in [2.75, 3.05) is 0 Å². The van der Waals surface area contributed by atoms with Gasteiger partial charge < -0.3 is 5.73 Å². The molecule has 0 saturated carbocycles. The lowest BCUT2D eigenvalue weighted by atomic mass is 10.7. The molecule has 8 heavy (non-hydrogen) atoms. The van der Waals surface area contributed by atoms with Gasteiger partial charge in [-0.05, 0) is 0 Å². The third-order valence-corrected chi connectivity index (χ3v) is 1.51. The molecule has 0 aliphatic heterocycles. The molecule has 1 aromatic heterocycles. The lowest BCUT2D eigenvalue weighted by molar-refractivity contribution is 0.0999. The third-order valence-electron chi connectivity index (χ3n) is 0.650. The largest absolute Gasteiger partial charge is 0.364 e. The van der Waals surface area contributed by atoms with Crippen LogP contribution in [0.2, 0.25) is 0 Å². The van der Waals surface area contributed by atoms with Gasteiger partial charge in [-0.15, -0.1) is 5.10 Å². The van der Waals surface area contributed by atoms with Crippen LogP contribution in [0.4, 0.5) is 0 Å². The molecule has 0 aliphatic carbocycles. The van der Waals surface area contributed by atoms with Crippen LogP contribution in [-0.4, -0.2) is 16.1 Å². The minimum absolute atomic E-state index is 0.264. The number of amides is 1. The fourth-order valence-electron chi connectivity index (χ4n) is 0.326. The van der Waals surface area contributed by atoms with Crippen molar-refractivity contribution in [2.45, 2.75) is 0 Å². The molecule has 4 nitrogen and oxygen atoms in total. The Morgan fingerprint density at radius 2 is 2.62 bits per heavy atom. The van der Waals surface area contributed by atoms with E-state index in [1.807, 2.05) is 0 Å². The molecule has 0 aromatic carbocycles. The highest BCUT2D eigenvalue weighted by Gasteiger charge is 1.98. The molecule has 5 heteroatoms. The van der Waals surface area contributed by atoms with Gasteiger partial charge in [0, 0.05) is 0 Å². The van der Waals surface area contributed by atoms with Gasteiger partial charge in [-0.25, -0.2) is 0 Å². The van der Waals surface area contributed by atoms with Crippen LogP contribution in [0.15, 0.2) is 5.93 Å². The highest BCUT2D eigenvalue weighted by Crippen LogP contribution is 2.05. The fraction of sp³-hybridized carbons (Fsp3) is 0. The number of carbonyl (C=O) groups excluding carboxylic acids is 1. The van der Waals surface area contributed by atoms with Crippen LogP contribution in [-0.2, 0) is 0 Å². The second-order valence-electron chi connectivity index (χ2n) is 1.20. The highest BCUT2D eigenvalue weighted by atomic mass is 31.0. The molecule has 0 aliphatic rings. The number of hydrogen-bond donors (Lipinski definition) is 1. The summed E-state index contributed by atoms with van der Waals surface area (Å²) in [5.41, 5.74) is 5.22. The van der Waals surface area contributed by atoms with Gasteiger partial charge in [0.15, 0.2) is 5.43 Å². The molecule has 0 fully saturated rings. The molecule has 0 saturated heterocycles. The molecule has 1 atom stereocenters. The summed E-state index contributed by atoms with van der Waals surface area (Å²) in [6, 6.07) is 0. The normalized spacial score (nSPS) is 10.0. The van der Waals surface area contributed by atoms with Crippen molar-refractivity contribution in [1.29, 1.82) is 0 Å². The van der Waals surface area contributed by atoms with E-state index in [1.165, 1.54) is 0 Å². The summed E-state index contributed by atoms with van der Waals surface area (Å²) in [7, 11) is 0.264. The summed E-state index contributed by atoms with van der Waals surface area (Å²) < 4.78 is 0. The first-order valence-electron chi connectivity index (χ1n) is 1.96. The van der Waals surface area contributed by atoms with E-state index in [2.05, 4.69) is 10.2 Å². The molecule has 1 unspecified atom stereocenters. The van der Waals surface area contributed by atoms with E-state index in [0.29, 0.717) is 5.43 Å². The molecular formula is C3H4N3OP. The summed E-state index contributed by atoms with van der Waals surface area (Å²) >= 11 is 0. The van der Waals surface area contributed by atoms with E-state index in [1.54, 1.807) is 5.93 Å². The quantitative estimate of drug-likeness (QED) is 0.561. The van der Waals surface area contributed by atoms with Crippen molar-refractivity contribution >= 4 is 14.1 Å². The van der Waals surface area contributed by atoms with Gasteiger partial charge in [0.25, 0.3) is 5.91 Å². The van der Waals surface area contributed by atoms with Gasteiger partial charge >= 0.3 is 0 Å². The summed E-state index contributed by atoms with van der Waals surface area (Å²) in [6.45, 7) is 0. The van der Waals surface area contributed by atoms with Gasteiger partial charge in [0.2, 0.25) is 0 Å². The van der Waals surface area contributed by atoms with Crippen LogP contribution in [0.25, 0.3) is 0 Å². The Morgan fingerprint density at radius 3 is 2.88 bits per heavy atom. The van der Waals surface area contributed by atoms with Crippen LogP contribution >= 0.6 is 8.19 Å². The number of carbonyl (C=O) groups is 1. The molecule has 42 valence electrons. The fourth-order valence-corrected chi connectivity index (χ4v) is 0.821. The van der Waals surface area contributed by atoms with E-state index in [4.69, 9.17) is 5.73 Å². The smallest absolute Gasteiger partial charge is 0.273 e. The minimum atomic E-state index is -0.471. The average molecular weight is 129 g/mol. The second-order valence-corrected chi connectivity index (χ2v) is 2.22. The maximum atomic E-state index is 10.2. The van der Waals surface area contributed by atoms with Crippen LogP contribution in [0.5, 0.6) is 0 Å². The van der Waals surface area contributed by atoms with Crippen LogP contribution in [0.1, 0.15) is 10.2 Å². The van der Waals surface area contributed by atoms with E-state index in [9.17, 15) is 4.79 Å². The summed E-state index contributed by atoms with van der Waals surface area (Å²) in [4.78, 5) is 10.2. The van der Waals surface area contributed by atoms with Crippen molar-refractivity contribution in [3.05, 3.63) is 11.4 Å². The molecular weight excluding hydrogens is 125 g/mol. The van der Waals surface area contributed by atoms with E-state index in [0.717, 1.165) is 0 Å². The van der Waals surface area contributed by atoms with Gasteiger partial charge in [-0.1, -0.05) is 8.19 Å². The molecule has 0 radical (unpaired) electrons. The Labute approximate surface area is 47.2 Å². The number of hydrogen-bond acceptors (Lipinski definition) is 3. The lowest BCUT2D eigenvalue weighted by Crippen LogP contribution is -2.09. The SMILES string of the molecule is NC(=O)c1nnc[pH]1. The maximum absolute atomic E-state index is 10.2. The van der Waals surface area contributed by atoms with Crippen molar-refractivity contribution in [3.63, 3.8) is 0 Å². The number of aromatic nitrogens is 2.